The molecule has 2 aromatic rings. The zero-order valence-corrected chi connectivity index (χ0v) is 24.8. The summed E-state index contributed by atoms with van der Waals surface area (Å²) in [6.45, 7) is 7.04. The van der Waals surface area contributed by atoms with Gasteiger partial charge in [0, 0.05) is 43.5 Å². The van der Waals surface area contributed by atoms with E-state index >= 15 is 0 Å². The molecule has 0 heterocycles. The number of ether oxygens (including phenoxy) is 4. The second-order valence-electron chi connectivity index (χ2n) is 9.88. The third kappa shape index (κ3) is 13.0. The first-order valence-electron chi connectivity index (χ1n) is 14.6. The fourth-order valence-corrected chi connectivity index (χ4v) is 4.28. The molecule has 2 rings (SSSR count). The van der Waals surface area contributed by atoms with E-state index in [-0.39, 0.29) is 23.2 Å². The van der Waals surface area contributed by atoms with Gasteiger partial charge in [-0.15, -0.1) is 0 Å². The van der Waals surface area contributed by atoms with E-state index in [0.717, 1.165) is 19.3 Å². The average molecular weight is 569 g/mol. The Balaban J connectivity index is 2.08. The molecule has 2 aromatic carbocycles. The van der Waals surface area contributed by atoms with Crippen LogP contribution >= 0.6 is 0 Å². The third-order valence-corrected chi connectivity index (χ3v) is 6.28. The van der Waals surface area contributed by atoms with E-state index in [1.165, 1.54) is 64.5 Å². The summed E-state index contributed by atoms with van der Waals surface area (Å²) in [4.78, 5) is 35.5. The molecular weight excluding hydrogens is 524 g/mol. The Hall–Kier alpha value is -3.65. The molecule has 8 heteroatoms. The maximum atomic E-state index is 12.7. The number of hydrogen-bond donors (Lipinski definition) is 1. The number of rotatable bonds is 18. The van der Waals surface area contributed by atoms with Crippen LogP contribution < -0.4 is 18.9 Å². The van der Waals surface area contributed by atoms with Crippen LogP contribution in [0, 0.1) is 0 Å². The lowest BCUT2D eigenvalue weighted by atomic mass is 10.1. The summed E-state index contributed by atoms with van der Waals surface area (Å²) in [6.07, 6.45) is 12.6. The summed E-state index contributed by atoms with van der Waals surface area (Å²) in [7, 11) is 0. The lowest BCUT2D eigenvalue weighted by Crippen LogP contribution is -2.10. The largest absolute Gasteiger partial charge is 0.494 e. The number of carbonyl (C=O) groups excluding carboxylic acids is 3. The number of hydrogen-bond acceptors (Lipinski definition) is 8. The van der Waals surface area contributed by atoms with E-state index in [2.05, 4.69) is 6.92 Å². The summed E-state index contributed by atoms with van der Waals surface area (Å²) in [6, 6.07) is 9.53. The molecule has 8 nitrogen and oxygen atoms in total. The van der Waals surface area contributed by atoms with Crippen molar-refractivity contribution in [2.24, 2.45) is 0 Å². The van der Waals surface area contributed by atoms with Gasteiger partial charge in [-0.25, -0.2) is 0 Å². The first kappa shape index (κ1) is 33.6. The van der Waals surface area contributed by atoms with E-state index < -0.39 is 18.0 Å². The summed E-state index contributed by atoms with van der Waals surface area (Å²) < 4.78 is 21.6. The van der Waals surface area contributed by atoms with E-state index in [0.29, 0.717) is 29.9 Å². The van der Waals surface area contributed by atoms with Crippen molar-refractivity contribution in [1.82, 2.24) is 0 Å². The van der Waals surface area contributed by atoms with Crippen LogP contribution in [0.2, 0.25) is 0 Å². The standard InChI is InChI=1S/C33H44O8/c1-5-7-8-9-10-11-12-13-14-15-33(37)41-32-22-27(38-6-2)19-20-29(32)30(36)21-17-26-16-18-28(39-24(3)34)23-31(26)40-25(4)35/h16-23,30,36H,5-15H2,1-4H3. The Morgan fingerprint density at radius 2 is 1.37 bits per heavy atom. The maximum Gasteiger partial charge on any atom is 0.311 e. The summed E-state index contributed by atoms with van der Waals surface area (Å²) in [5, 5.41) is 11.0. The van der Waals surface area contributed by atoms with Gasteiger partial charge in [-0.3, -0.25) is 14.4 Å². The monoisotopic (exact) mass is 568 g/mol. The van der Waals surface area contributed by atoms with Crippen molar-refractivity contribution in [1.29, 1.82) is 0 Å². The van der Waals surface area contributed by atoms with Gasteiger partial charge in [0.25, 0.3) is 0 Å². The Labute approximate surface area is 243 Å². The van der Waals surface area contributed by atoms with E-state index in [4.69, 9.17) is 18.9 Å². The molecule has 0 amide bonds. The Morgan fingerprint density at radius 3 is 2.00 bits per heavy atom. The van der Waals surface area contributed by atoms with Crippen LogP contribution in [0.25, 0.3) is 6.08 Å². The third-order valence-electron chi connectivity index (χ3n) is 6.28. The van der Waals surface area contributed by atoms with Gasteiger partial charge >= 0.3 is 17.9 Å². The van der Waals surface area contributed by atoms with Crippen molar-refractivity contribution in [2.45, 2.75) is 98.0 Å². The molecule has 0 bridgehead atoms. The first-order chi connectivity index (χ1) is 19.7. The van der Waals surface area contributed by atoms with Crippen molar-refractivity contribution in [2.75, 3.05) is 6.61 Å². The number of unbranched alkanes of at least 4 members (excludes halogenated alkanes) is 8. The Kier molecular flexibility index (Phi) is 15.3. The van der Waals surface area contributed by atoms with Crippen molar-refractivity contribution >= 4 is 24.0 Å². The van der Waals surface area contributed by atoms with Crippen molar-refractivity contribution in [3.63, 3.8) is 0 Å². The van der Waals surface area contributed by atoms with Gasteiger partial charge in [-0.1, -0.05) is 70.4 Å². The summed E-state index contributed by atoms with van der Waals surface area (Å²) >= 11 is 0. The minimum atomic E-state index is -1.14. The molecule has 0 aliphatic carbocycles. The van der Waals surface area contributed by atoms with Gasteiger partial charge in [0.05, 0.1) is 6.61 Å². The van der Waals surface area contributed by atoms with E-state index in [1.807, 2.05) is 6.92 Å². The summed E-state index contributed by atoms with van der Waals surface area (Å²) in [5.74, 6) is -0.285. The maximum absolute atomic E-state index is 12.7. The molecule has 0 aliphatic rings. The van der Waals surface area contributed by atoms with Gasteiger partial charge in [0.15, 0.2) is 0 Å². The first-order valence-corrected chi connectivity index (χ1v) is 14.6. The lowest BCUT2D eigenvalue weighted by molar-refractivity contribution is -0.135. The van der Waals surface area contributed by atoms with E-state index in [1.54, 1.807) is 36.4 Å². The number of esters is 3. The zero-order chi connectivity index (χ0) is 30.0. The van der Waals surface area contributed by atoms with Crippen LogP contribution in [0.3, 0.4) is 0 Å². The molecule has 224 valence electrons. The fraction of sp³-hybridized carbons (Fsp3) is 0.485. The Bertz CT molecular complexity index is 1150. The van der Waals surface area contributed by atoms with Crippen LogP contribution in [0.5, 0.6) is 23.0 Å². The highest BCUT2D eigenvalue weighted by Gasteiger charge is 2.17. The molecule has 0 radical (unpaired) electrons. The van der Waals surface area contributed by atoms with Crippen molar-refractivity contribution in [3.8, 4) is 23.0 Å². The highest BCUT2D eigenvalue weighted by atomic mass is 16.5. The molecule has 0 spiro atoms. The highest BCUT2D eigenvalue weighted by molar-refractivity contribution is 5.74. The molecule has 0 fully saturated rings. The highest BCUT2D eigenvalue weighted by Crippen LogP contribution is 2.33. The minimum absolute atomic E-state index is 0.166. The number of aliphatic hydroxyl groups is 1. The van der Waals surface area contributed by atoms with Gasteiger partial charge in [-0.2, -0.15) is 0 Å². The topological polar surface area (TPSA) is 108 Å². The second kappa shape index (κ2) is 18.7. The number of benzene rings is 2. The van der Waals surface area contributed by atoms with Crippen LogP contribution in [0.4, 0.5) is 0 Å². The molecule has 0 saturated carbocycles. The smallest absolute Gasteiger partial charge is 0.311 e. The van der Waals surface area contributed by atoms with Gasteiger partial charge < -0.3 is 24.1 Å². The molecule has 0 saturated heterocycles. The predicted molar refractivity (Wildman–Crippen MR) is 158 cm³/mol. The molecule has 1 atom stereocenters. The molecule has 0 aromatic heterocycles. The fourth-order valence-electron chi connectivity index (χ4n) is 4.28. The minimum Gasteiger partial charge on any atom is -0.494 e. The molecule has 1 unspecified atom stereocenters. The van der Waals surface area contributed by atoms with Gasteiger partial charge in [0.1, 0.15) is 29.1 Å². The van der Waals surface area contributed by atoms with Crippen LogP contribution in [0.15, 0.2) is 42.5 Å². The van der Waals surface area contributed by atoms with Gasteiger partial charge in [0.2, 0.25) is 0 Å². The predicted octanol–water partition coefficient (Wildman–Crippen LogP) is 7.51. The normalized spacial score (nSPS) is 11.7. The molecule has 1 N–H and O–H groups in total. The lowest BCUT2D eigenvalue weighted by Gasteiger charge is -2.15. The molecule has 41 heavy (non-hydrogen) atoms. The van der Waals surface area contributed by atoms with Crippen LogP contribution in [-0.2, 0) is 14.4 Å². The number of carbonyl (C=O) groups is 3. The van der Waals surface area contributed by atoms with Gasteiger partial charge in [-0.05, 0) is 37.6 Å². The van der Waals surface area contributed by atoms with Crippen LogP contribution in [0.1, 0.15) is 109 Å². The molecule has 0 aliphatic heterocycles. The van der Waals surface area contributed by atoms with Crippen LogP contribution in [-0.4, -0.2) is 29.6 Å². The second-order valence-corrected chi connectivity index (χ2v) is 9.88. The zero-order valence-electron chi connectivity index (χ0n) is 24.8. The SMILES string of the molecule is CCCCCCCCCCCC(=O)Oc1cc(OCC)ccc1C(O)C=Cc1ccc(OC(C)=O)cc1OC(C)=O. The molecular formula is C33H44O8. The Morgan fingerprint density at radius 1 is 0.756 bits per heavy atom. The van der Waals surface area contributed by atoms with E-state index in [9.17, 15) is 19.5 Å². The van der Waals surface area contributed by atoms with Crippen molar-refractivity contribution in [3.05, 3.63) is 53.6 Å². The average Bonchev–Trinajstić information content (AvgIpc) is 2.91. The number of aliphatic hydroxyl groups excluding tert-OH is 1. The van der Waals surface area contributed by atoms with Crippen molar-refractivity contribution < 1.29 is 38.4 Å². The summed E-state index contributed by atoms with van der Waals surface area (Å²) in [5.41, 5.74) is 0.862. The quantitative estimate of drug-likeness (QED) is 0.112.